The fraction of sp³-hybridized carbons (Fsp3) is 1.00. The molecular weight excluding hydrogens is 232 g/mol. The molecule has 19 heavy (non-hydrogen) atoms. The zero-order valence-electron chi connectivity index (χ0n) is 13.5. The molecule has 2 fully saturated rings. The van der Waals surface area contributed by atoms with E-state index in [4.69, 9.17) is 0 Å². The lowest BCUT2D eigenvalue weighted by Crippen LogP contribution is -2.53. The van der Waals surface area contributed by atoms with Gasteiger partial charge in [-0.25, -0.2) is 0 Å². The highest BCUT2D eigenvalue weighted by molar-refractivity contribution is 4.92. The molecule has 0 bridgehead atoms. The van der Waals surface area contributed by atoms with Crippen LogP contribution in [0.25, 0.3) is 0 Å². The zero-order chi connectivity index (χ0) is 13.8. The van der Waals surface area contributed by atoms with E-state index in [-0.39, 0.29) is 0 Å². The number of hydrogen-bond donors (Lipinski definition) is 1. The molecule has 4 atom stereocenters. The van der Waals surface area contributed by atoms with Gasteiger partial charge in [0.2, 0.25) is 0 Å². The molecule has 1 saturated heterocycles. The van der Waals surface area contributed by atoms with Crippen LogP contribution < -0.4 is 5.32 Å². The van der Waals surface area contributed by atoms with E-state index < -0.39 is 0 Å². The molecule has 2 heteroatoms. The van der Waals surface area contributed by atoms with Gasteiger partial charge in [-0.15, -0.1) is 0 Å². The van der Waals surface area contributed by atoms with Gasteiger partial charge in [-0.1, -0.05) is 20.8 Å². The Morgan fingerprint density at radius 1 is 1.05 bits per heavy atom. The van der Waals surface area contributed by atoms with Crippen LogP contribution in [0.3, 0.4) is 0 Å². The van der Waals surface area contributed by atoms with Crippen LogP contribution in [-0.4, -0.2) is 37.1 Å². The van der Waals surface area contributed by atoms with Gasteiger partial charge in [-0.3, -0.25) is 4.90 Å². The Labute approximate surface area is 120 Å². The van der Waals surface area contributed by atoms with Crippen molar-refractivity contribution >= 4 is 0 Å². The molecular formula is C17H34N2. The summed E-state index contributed by atoms with van der Waals surface area (Å²) in [6.45, 7) is 9.90. The van der Waals surface area contributed by atoms with Gasteiger partial charge < -0.3 is 5.32 Å². The summed E-state index contributed by atoms with van der Waals surface area (Å²) in [5.74, 6) is 2.73. The smallest absolute Gasteiger partial charge is 0.0251 e. The van der Waals surface area contributed by atoms with Crippen molar-refractivity contribution in [2.45, 2.75) is 71.4 Å². The fourth-order valence-corrected chi connectivity index (χ4v) is 4.14. The van der Waals surface area contributed by atoms with Crippen LogP contribution in [0.1, 0.15) is 59.3 Å². The Balaban J connectivity index is 2.00. The summed E-state index contributed by atoms with van der Waals surface area (Å²) in [6.07, 6.45) is 8.44. The van der Waals surface area contributed by atoms with Gasteiger partial charge in [0.05, 0.1) is 0 Å². The van der Waals surface area contributed by atoms with Crippen molar-refractivity contribution in [1.82, 2.24) is 10.2 Å². The highest BCUT2D eigenvalue weighted by atomic mass is 15.2. The van der Waals surface area contributed by atoms with Crippen molar-refractivity contribution in [2.24, 2.45) is 17.8 Å². The van der Waals surface area contributed by atoms with Gasteiger partial charge in [0, 0.05) is 12.1 Å². The lowest BCUT2D eigenvalue weighted by Gasteiger charge is -2.43. The number of rotatable bonds is 3. The SMILES string of the molecule is CNC1CCC(C(C)C)CC1N1CCCC(C)CC1. The summed E-state index contributed by atoms with van der Waals surface area (Å²) in [6, 6.07) is 1.51. The third-order valence-corrected chi connectivity index (χ3v) is 5.69. The van der Waals surface area contributed by atoms with Crippen LogP contribution in [0.5, 0.6) is 0 Å². The third-order valence-electron chi connectivity index (χ3n) is 5.69. The predicted molar refractivity (Wildman–Crippen MR) is 83.4 cm³/mol. The van der Waals surface area contributed by atoms with Crippen molar-refractivity contribution in [3.05, 3.63) is 0 Å². The fourth-order valence-electron chi connectivity index (χ4n) is 4.14. The minimum absolute atomic E-state index is 0.725. The quantitative estimate of drug-likeness (QED) is 0.841. The highest BCUT2D eigenvalue weighted by Crippen LogP contribution is 2.34. The Morgan fingerprint density at radius 2 is 1.84 bits per heavy atom. The molecule has 1 aliphatic heterocycles. The molecule has 112 valence electrons. The number of likely N-dealkylation sites (tertiary alicyclic amines) is 1. The molecule has 1 saturated carbocycles. The highest BCUT2D eigenvalue weighted by Gasteiger charge is 2.34. The molecule has 2 aliphatic rings. The summed E-state index contributed by atoms with van der Waals surface area (Å²) in [5.41, 5.74) is 0. The molecule has 1 aliphatic carbocycles. The Morgan fingerprint density at radius 3 is 2.53 bits per heavy atom. The van der Waals surface area contributed by atoms with E-state index in [1.807, 2.05) is 0 Å². The molecule has 0 aromatic rings. The normalized spacial score (nSPS) is 38.4. The Bertz CT molecular complexity index is 264. The molecule has 0 radical (unpaired) electrons. The first-order valence-electron chi connectivity index (χ1n) is 8.53. The topological polar surface area (TPSA) is 15.3 Å². The lowest BCUT2D eigenvalue weighted by atomic mass is 9.76. The van der Waals surface area contributed by atoms with Gasteiger partial charge in [-0.2, -0.15) is 0 Å². The van der Waals surface area contributed by atoms with Crippen LogP contribution in [0.4, 0.5) is 0 Å². The second-order valence-electron chi connectivity index (χ2n) is 7.35. The molecule has 0 spiro atoms. The largest absolute Gasteiger partial charge is 0.315 e. The van der Waals surface area contributed by atoms with E-state index in [9.17, 15) is 0 Å². The van der Waals surface area contributed by atoms with Crippen molar-refractivity contribution in [3.8, 4) is 0 Å². The molecule has 1 N–H and O–H groups in total. The first kappa shape index (κ1) is 15.3. The van der Waals surface area contributed by atoms with Gasteiger partial charge >= 0.3 is 0 Å². The number of likely N-dealkylation sites (N-methyl/N-ethyl adjacent to an activating group) is 1. The molecule has 4 unspecified atom stereocenters. The Kier molecular flexibility index (Phi) is 5.70. The van der Waals surface area contributed by atoms with E-state index >= 15 is 0 Å². The van der Waals surface area contributed by atoms with Crippen LogP contribution in [-0.2, 0) is 0 Å². The average molecular weight is 266 g/mol. The van der Waals surface area contributed by atoms with E-state index in [0.29, 0.717) is 0 Å². The summed E-state index contributed by atoms with van der Waals surface area (Å²) in [7, 11) is 2.16. The van der Waals surface area contributed by atoms with Crippen molar-refractivity contribution in [1.29, 1.82) is 0 Å². The van der Waals surface area contributed by atoms with E-state index in [0.717, 1.165) is 29.8 Å². The first-order valence-corrected chi connectivity index (χ1v) is 8.53. The van der Waals surface area contributed by atoms with Crippen molar-refractivity contribution in [2.75, 3.05) is 20.1 Å². The maximum atomic E-state index is 3.60. The predicted octanol–water partition coefficient (Wildman–Crippen LogP) is 3.52. The second kappa shape index (κ2) is 7.08. The molecule has 2 nitrogen and oxygen atoms in total. The molecule has 1 heterocycles. The zero-order valence-corrected chi connectivity index (χ0v) is 13.5. The standard InChI is InChI=1S/C17H34N2/c1-13(2)15-7-8-16(18-4)17(12-15)19-10-5-6-14(3)9-11-19/h13-18H,5-12H2,1-4H3. The minimum atomic E-state index is 0.725. The van der Waals surface area contributed by atoms with Gasteiger partial charge in [0.1, 0.15) is 0 Å². The third kappa shape index (κ3) is 3.95. The molecule has 0 aromatic heterocycles. The minimum Gasteiger partial charge on any atom is -0.315 e. The lowest BCUT2D eigenvalue weighted by molar-refractivity contribution is 0.0876. The molecule has 0 aromatic carbocycles. The number of nitrogens with zero attached hydrogens (tertiary/aromatic N) is 1. The van der Waals surface area contributed by atoms with Gasteiger partial charge in [-0.05, 0) is 76.4 Å². The van der Waals surface area contributed by atoms with Crippen LogP contribution in [0.2, 0.25) is 0 Å². The maximum Gasteiger partial charge on any atom is 0.0251 e. The van der Waals surface area contributed by atoms with Crippen LogP contribution in [0, 0.1) is 17.8 Å². The summed E-state index contributed by atoms with van der Waals surface area (Å²) < 4.78 is 0. The summed E-state index contributed by atoms with van der Waals surface area (Å²) in [4.78, 5) is 2.82. The first-order chi connectivity index (χ1) is 9.11. The van der Waals surface area contributed by atoms with Crippen molar-refractivity contribution < 1.29 is 0 Å². The molecule has 2 rings (SSSR count). The van der Waals surface area contributed by atoms with E-state index in [1.165, 1.54) is 51.6 Å². The van der Waals surface area contributed by atoms with Crippen LogP contribution in [0.15, 0.2) is 0 Å². The van der Waals surface area contributed by atoms with Gasteiger partial charge in [0.15, 0.2) is 0 Å². The van der Waals surface area contributed by atoms with Crippen molar-refractivity contribution in [3.63, 3.8) is 0 Å². The number of hydrogen-bond acceptors (Lipinski definition) is 2. The number of nitrogens with one attached hydrogen (secondary N) is 1. The van der Waals surface area contributed by atoms with E-state index in [2.05, 4.69) is 38.0 Å². The monoisotopic (exact) mass is 266 g/mol. The van der Waals surface area contributed by atoms with E-state index in [1.54, 1.807) is 0 Å². The van der Waals surface area contributed by atoms with Gasteiger partial charge in [0.25, 0.3) is 0 Å². The second-order valence-corrected chi connectivity index (χ2v) is 7.35. The van der Waals surface area contributed by atoms with Crippen LogP contribution >= 0.6 is 0 Å². The average Bonchev–Trinajstić information content (AvgIpc) is 2.62. The summed E-state index contributed by atoms with van der Waals surface area (Å²) >= 11 is 0. The molecule has 0 amide bonds. The summed E-state index contributed by atoms with van der Waals surface area (Å²) in [5, 5.41) is 3.60. The maximum absolute atomic E-state index is 3.60. The Hall–Kier alpha value is -0.0800.